The van der Waals surface area contributed by atoms with E-state index in [4.69, 9.17) is 9.72 Å². The fourth-order valence-corrected chi connectivity index (χ4v) is 3.26. The Morgan fingerprint density at radius 2 is 1.92 bits per heavy atom. The molecule has 0 radical (unpaired) electrons. The number of methoxy groups -OCH3 is 1. The van der Waals surface area contributed by atoms with Crippen molar-refractivity contribution in [1.29, 1.82) is 0 Å². The van der Waals surface area contributed by atoms with Gasteiger partial charge in [-0.2, -0.15) is 0 Å². The number of nitrogens with zero attached hydrogens (tertiary/aromatic N) is 3. The van der Waals surface area contributed by atoms with Crippen molar-refractivity contribution in [2.75, 3.05) is 25.1 Å². The normalized spacial score (nSPS) is 13.7. The highest BCUT2D eigenvalue weighted by Crippen LogP contribution is 2.37. The highest BCUT2D eigenvalue weighted by Gasteiger charge is 2.21. The van der Waals surface area contributed by atoms with Crippen molar-refractivity contribution < 1.29 is 4.74 Å². The molecule has 0 fully saturated rings. The number of pyridine rings is 2. The highest BCUT2D eigenvalue weighted by atomic mass is 16.5. The molecule has 2 aromatic rings. The van der Waals surface area contributed by atoms with E-state index in [2.05, 4.69) is 68.8 Å². The fourth-order valence-electron chi connectivity index (χ4n) is 3.26. The molecule has 3 heterocycles. The van der Waals surface area contributed by atoms with Crippen LogP contribution in [0.15, 0.2) is 24.3 Å². The maximum Gasteiger partial charge on any atom is 0.222 e. The predicted octanol–water partition coefficient (Wildman–Crippen LogP) is 4.83. The maximum atomic E-state index is 5.58. The lowest BCUT2D eigenvalue weighted by Crippen LogP contribution is -2.27. The van der Waals surface area contributed by atoms with Gasteiger partial charge in [-0.25, -0.2) is 9.97 Å². The number of likely N-dealkylation sites (N-methyl/N-ethyl adjacent to an activating group) is 1. The van der Waals surface area contributed by atoms with E-state index in [0.29, 0.717) is 11.8 Å². The van der Waals surface area contributed by atoms with Crippen LogP contribution in [-0.2, 0) is 0 Å². The van der Waals surface area contributed by atoms with Crippen molar-refractivity contribution in [2.45, 2.75) is 40.5 Å². The quantitative estimate of drug-likeness (QED) is 0.801. The molecule has 0 amide bonds. The van der Waals surface area contributed by atoms with Crippen LogP contribution in [0.2, 0.25) is 0 Å². The molecule has 0 atom stereocenters. The zero-order valence-corrected chi connectivity index (χ0v) is 16.1. The summed E-state index contributed by atoms with van der Waals surface area (Å²) in [7, 11) is 1.67. The molecule has 1 aliphatic heterocycles. The first-order valence-corrected chi connectivity index (χ1v) is 8.95. The number of ether oxygens (including phenoxy) is 1. The second-order valence-electron chi connectivity index (χ2n) is 6.90. The summed E-state index contributed by atoms with van der Waals surface area (Å²) in [5, 5.41) is 0. The third-order valence-electron chi connectivity index (χ3n) is 4.83. The van der Waals surface area contributed by atoms with Gasteiger partial charge in [-0.05, 0) is 56.0 Å². The number of fused-ring (bicyclic) bond motifs is 1. The van der Waals surface area contributed by atoms with E-state index in [-0.39, 0.29) is 0 Å². The van der Waals surface area contributed by atoms with Gasteiger partial charge >= 0.3 is 0 Å². The van der Waals surface area contributed by atoms with Crippen LogP contribution in [0.5, 0.6) is 5.88 Å². The van der Waals surface area contributed by atoms with Gasteiger partial charge < -0.3 is 9.64 Å². The van der Waals surface area contributed by atoms with Crippen molar-refractivity contribution in [3.05, 3.63) is 41.2 Å². The van der Waals surface area contributed by atoms with Crippen molar-refractivity contribution in [3.63, 3.8) is 0 Å². The Morgan fingerprint density at radius 3 is 2.56 bits per heavy atom. The van der Waals surface area contributed by atoms with Crippen LogP contribution in [0.1, 0.15) is 50.6 Å². The first kappa shape index (κ1) is 17.5. The van der Waals surface area contributed by atoms with Gasteiger partial charge in [0.1, 0.15) is 0 Å². The summed E-state index contributed by atoms with van der Waals surface area (Å²) >= 11 is 0. The van der Waals surface area contributed by atoms with E-state index >= 15 is 0 Å². The van der Waals surface area contributed by atoms with Crippen molar-refractivity contribution in [2.24, 2.45) is 0 Å². The number of aryl methyl sites for hydroxylation is 1. The van der Waals surface area contributed by atoms with Crippen LogP contribution in [0.25, 0.3) is 16.8 Å². The van der Waals surface area contributed by atoms with Gasteiger partial charge in [0.2, 0.25) is 5.88 Å². The number of allylic oxidation sites excluding steroid dienone is 1. The van der Waals surface area contributed by atoms with Crippen LogP contribution < -0.4 is 9.64 Å². The molecule has 0 saturated heterocycles. The molecule has 0 aromatic carbocycles. The lowest BCUT2D eigenvalue weighted by Gasteiger charge is -2.29. The molecule has 0 aliphatic carbocycles. The summed E-state index contributed by atoms with van der Waals surface area (Å²) in [6, 6.07) is 6.40. The van der Waals surface area contributed by atoms with Gasteiger partial charge in [-0.3, -0.25) is 0 Å². The number of anilines is 1. The standard InChI is InChI=1S/C21H27N3O/c1-7-24-11-10-14(4)20-18(24)12-15(5)19(23-20)16-8-9-17(13(2)3)22-21(16)25-6/h8-10,12-13H,7,11H2,1-6H3. The van der Waals surface area contributed by atoms with E-state index in [0.717, 1.165) is 41.3 Å². The first-order chi connectivity index (χ1) is 12.0. The maximum absolute atomic E-state index is 5.58. The first-order valence-electron chi connectivity index (χ1n) is 8.95. The van der Waals surface area contributed by atoms with Crippen molar-refractivity contribution in [1.82, 2.24) is 9.97 Å². The smallest absolute Gasteiger partial charge is 0.222 e. The largest absolute Gasteiger partial charge is 0.480 e. The van der Waals surface area contributed by atoms with Crippen LogP contribution in [0, 0.1) is 6.92 Å². The molecule has 0 bridgehead atoms. The number of hydrogen-bond acceptors (Lipinski definition) is 4. The van der Waals surface area contributed by atoms with Gasteiger partial charge in [-0.1, -0.05) is 19.9 Å². The Balaban J connectivity index is 2.16. The Bertz CT molecular complexity index is 824. The molecule has 4 nitrogen and oxygen atoms in total. The molecule has 1 aliphatic rings. The molecule has 132 valence electrons. The van der Waals surface area contributed by atoms with Crippen LogP contribution in [0.3, 0.4) is 0 Å². The molecule has 0 spiro atoms. The number of aromatic nitrogens is 2. The molecule has 4 heteroatoms. The molecule has 3 rings (SSSR count). The van der Waals surface area contributed by atoms with Crippen LogP contribution in [0.4, 0.5) is 5.69 Å². The SMILES string of the molecule is CCN1CC=C(C)c2nc(-c3ccc(C(C)C)nc3OC)c(C)cc21. The molecule has 0 unspecified atom stereocenters. The summed E-state index contributed by atoms with van der Waals surface area (Å²) in [6.07, 6.45) is 2.25. The van der Waals surface area contributed by atoms with Gasteiger partial charge in [0.05, 0.1) is 29.7 Å². The second-order valence-corrected chi connectivity index (χ2v) is 6.90. The number of hydrogen-bond donors (Lipinski definition) is 0. The predicted molar refractivity (Wildman–Crippen MR) is 104 cm³/mol. The molecule has 25 heavy (non-hydrogen) atoms. The van der Waals surface area contributed by atoms with Gasteiger partial charge in [-0.15, -0.1) is 0 Å². The van der Waals surface area contributed by atoms with Gasteiger partial charge in [0.15, 0.2) is 0 Å². The summed E-state index contributed by atoms with van der Waals surface area (Å²) in [4.78, 5) is 12.0. The van der Waals surface area contributed by atoms with Gasteiger partial charge in [0, 0.05) is 18.8 Å². The molecular weight excluding hydrogens is 310 g/mol. The molecule has 0 N–H and O–H groups in total. The van der Waals surface area contributed by atoms with E-state index in [9.17, 15) is 0 Å². The minimum atomic E-state index is 0.365. The minimum Gasteiger partial charge on any atom is -0.480 e. The average Bonchev–Trinajstić information content (AvgIpc) is 2.61. The lowest BCUT2D eigenvalue weighted by atomic mass is 10.00. The fraction of sp³-hybridized carbons (Fsp3) is 0.429. The topological polar surface area (TPSA) is 38.2 Å². The Hall–Kier alpha value is -2.36. The zero-order valence-electron chi connectivity index (χ0n) is 16.1. The Labute approximate surface area is 150 Å². The third kappa shape index (κ3) is 3.13. The lowest BCUT2D eigenvalue weighted by molar-refractivity contribution is 0.397. The van der Waals surface area contributed by atoms with Gasteiger partial charge in [0.25, 0.3) is 0 Å². The highest BCUT2D eigenvalue weighted by molar-refractivity contribution is 5.81. The Kier molecular flexibility index (Phi) is 4.80. The zero-order chi connectivity index (χ0) is 18.1. The summed E-state index contributed by atoms with van der Waals surface area (Å²) in [5.74, 6) is 1.01. The van der Waals surface area contributed by atoms with E-state index in [1.165, 1.54) is 11.3 Å². The van der Waals surface area contributed by atoms with E-state index < -0.39 is 0 Å². The Morgan fingerprint density at radius 1 is 1.16 bits per heavy atom. The molecule has 2 aromatic heterocycles. The summed E-state index contributed by atoms with van der Waals surface area (Å²) in [5.41, 5.74) is 7.58. The molecular formula is C21H27N3O. The summed E-state index contributed by atoms with van der Waals surface area (Å²) < 4.78 is 5.58. The van der Waals surface area contributed by atoms with Crippen LogP contribution in [-0.4, -0.2) is 30.2 Å². The number of rotatable bonds is 4. The van der Waals surface area contributed by atoms with E-state index in [1.54, 1.807) is 7.11 Å². The van der Waals surface area contributed by atoms with Crippen molar-refractivity contribution in [3.8, 4) is 17.1 Å². The van der Waals surface area contributed by atoms with Crippen LogP contribution >= 0.6 is 0 Å². The average molecular weight is 337 g/mol. The van der Waals surface area contributed by atoms with Crippen molar-refractivity contribution >= 4 is 11.3 Å². The monoisotopic (exact) mass is 337 g/mol. The molecule has 0 saturated carbocycles. The minimum absolute atomic E-state index is 0.365. The second kappa shape index (κ2) is 6.87. The third-order valence-corrected chi connectivity index (χ3v) is 4.83. The van der Waals surface area contributed by atoms with E-state index in [1.807, 2.05) is 0 Å². The summed E-state index contributed by atoms with van der Waals surface area (Å²) in [6.45, 7) is 12.6.